The molecule has 0 amide bonds. The molecule has 0 spiro atoms. The number of halogens is 1. The summed E-state index contributed by atoms with van der Waals surface area (Å²) < 4.78 is 6.16. The van der Waals surface area contributed by atoms with E-state index in [1.165, 1.54) is 0 Å². The normalized spacial score (nSPS) is 12.5. The summed E-state index contributed by atoms with van der Waals surface area (Å²) in [6.07, 6.45) is 0.652. The first-order valence-corrected chi connectivity index (χ1v) is 6.45. The number of rotatable bonds is 5. The van der Waals surface area contributed by atoms with Crippen LogP contribution in [0.5, 0.6) is 0 Å². The first-order chi connectivity index (χ1) is 7.99. The number of benzene rings is 1. The number of carbonyl (C=O) groups excluding carboxylic acids is 1. The van der Waals surface area contributed by atoms with Gasteiger partial charge in [-0.2, -0.15) is 0 Å². The second kappa shape index (κ2) is 6.77. The van der Waals surface area contributed by atoms with Crippen LogP contribution in [0.1, 0.15) is 25.8 Å². The highest BCUT2D eigenvalue weighted by Crippen LogP contribution is 2.12. The van der Waals surface area contributed by atoms with Gasteiger partial charge in [0.25, 0.3) is 0 Å². The van der Waals surface area contributed by atoms with Crippen LogP contribution in [0.4, 0.5) is 0 Å². The van der Waals surface area contributed by atoms with Gasteiger partial charge in [0, 0.05) is 4.47 Å². The van der Waals surface area contributed by atoms with Gasteiger partial charge in [-0.15, -0.1) is 0 Å². The molecule has 0 aliphatic rings. The Labute approximate surface area is 110 Å². The van der Waals surface area contributed by atoms with Crippen molar-refractivity contribution in [3.63, 3.8) is 0 Å². The molecule has 17 heavy (non-hydrogen) atoms. The molecule has 3 nitrogen and oxygen atoms in total. The van der Waals surface area contributed by atoms with E-state index in [9.17, 15) is 4.79 Å². The van der Waals surface area contributed by atoms with Crippen molar-refractivity contribution in [3.8, 4) is 0 Å². The predicted octanol–water partition coefficient (Wildman–Crippen LogP) is 2.87. The third-order valence-corrected chi connectivity index (χ3v) is 2.85. The Bertz CT molecular complexity index is 362. The number of carbonyl (C=O) groups is 1. The van der Waals surface area contributed by atoms with Gasteiger partial charge in [0.15, 0.2) is 0 Å². The van der Waals surface area contributed by atoms with Crippen LogP contribution in [0, 0.1) is 5.92 Å². The quantitative estimate of drug-likeness (QED) is 0.851. The van der Waals surface area contributed by atoms with Crippen molar-refractivity contribution >= 4 is 21.9 Å². The van der Waals surface area contributed by atoms with E-state index in [4.69, 9.17) is 10.5 Å². The highest BCUT2D eigenvalue weighted by atomic mass is 79.9. The molecule has 0 aliphatic carbocycles. The van der Waals surface area contributed by atoms with E-state index >= 15 is 0 Å². The molecule has 0 saturated carbocycles. The fourth-order valence-electron chi connectivity index (χ4n) is 1.45. The molecule has 1 atom stereocenters. The van der Waals surface area contributed by atoms with E-state index < -0.39 is 6.04 Å². The predicted molar refractivity (Wildman–Crippen MR) is 71.4 cm³/mol. The number of nitrogens with two attached hydrogens (primary N) is 1. The standard InChI is InChI=1S/C13H18BrNO2/c1-9(2)7-12(15)13(16)17-8-10-3-5-11(14)6-4-10/h3-6,9,12H,7-8,15H2,1-2H3. The summed E-state index contributed by atoms with van der Waals surface area (Å²) in [7, 11) is 0. The second-order valence-corrected chi connectivity index (χ2v) is 5.39. The van der Waals surface area contributed by atoms with Crippen LogP contribution in [-0.2, 0) is 16.1 Å². The first kappa shape index (κ1) is 14.2. The Morgan fingerprint density at radius 3 is 2.47 bits per heavy atom. The smallest absolute Gasteiger partial charge is 0.323 e. The van der Waals surface area contributed by atoms with Gasteiger partial charge in [0.2, 0.25) is 0 Å². The zero-order valence-corrected chi connectivity index (χ0v) is 11.7. The molecule has 1 aromatic rings. The lowest BCUT2D eigenvalue weighted by Gasteiger charge is -2.13. The van der Waals surface area contributed by atoms with E-state index in [-0.39, 0.29) is 12.6 Å². The van der Waals surface area contributed by atoms with Crippen LogP contribution in [0.15, 0.2) is 28.7 Å². The van der Waals surface area contributed by atoms with Crippen molar-refractivity contribution in [1.29, 1.82) is 0 Å². The Balaban J connectivity index is 2.40. The number of hydrogen-bond donors (Lipinski definition) is 1. The molecule has 0 heterocycles. The van der Waals surface area contributed by atoms with Crippen LogP contribution in [0.25, 0.3) is 0 Å². The van der Waals surface area contributed by atoms with E-state index in [1.54, 1.807) is 0 Å². The van der Waals surface area contributed by atoms with Gasteiger partial charge in [0.05, 0.1) is 0 Å². The third-order valence-electron chi connectivity index (χ3n) is 2.32. The van der Waals surface area contributed by atoms with E-state index in [0.717, 1.165) is 10.0 Å². The second-order valence-electron chi connectivity index (χ2n) is 4.47. The average Bonchev–Trinajstić information content (AvgIpc) is 2.27. The largest absolute Gasteiger partial charge is 0.460 e. The summed E-state index contributed by atoms with van der Waals surface area (Å²) in [5.41, 5.74) is 6.68. The molecule has 1 rings (SSSR count). The Kier molecular flexibility index (Phi) is 5.65. The minimum atomic E-state index is -0.523. The van der Waals surface area contributed by atoms with Crippen molar-refractivity contribution in [3.05, 3.63) is 34.3 Å². The number of esters is 1. The summed E-state index contributed by atoms with van der Waals surface area (Å²) in [6.45, 7) is 4.33. The van der Waals surface area contributed by atoms with E-state index in [2.05, 4.69) is 15.9 Å². The molecule has 1 unspecified atom stereocenters. The molecule has 94 valence electrons. The van der Waals surface area contributed by atoms with Gasteiger partial charge in [-0.3, -0.25) is 4.79 Å². The molecule has 0 fully saturated rings. The zero-order chi connectivity index (χ0) is 12.8. The molecule has 0 radical (unpaired) electrons. The maximum Gasteiger partial charge on any atom is 0.323 e. The molecule has 4 heteroatoms. The van der Waals surface area contributed by atoms with Gasteiger partial charge in [-0.05, 0) is 30.0 Å². The van der Waals surface area contributed by atoms with Gasteiger partial charge in [0.1, 0.15) is 12.6 Å². The van der Waals surface area contributed by atoms with Crippen LogP contribution in [-0.4, -0.2) is 12.0 Å². The van der Waals surface area contributed by atoms with Crippen molar-refractivity contribution in [2.24, 2.45) is 11.7 Å². The van der Waals surface area contributed by atoms with Gasteiger partial charge in [-0.25, -0.2) is 0 Å². The monoisotopic (exact) mass is 299 g/mol. The molecular weight excluding hydrogens is 282 g/mol. The molecule has 0 saturated heterocycles. The van der Waals surface area contributed by atoms with E-state index in [1.807, 2.05) is 38.1 Å². The van der Waals surface area contributed by atoms with Crippen molar-refractivity contribution in [2.75, 3.05) is 0 Å². The minimum Gasteiger partial charge on any atom is -0.460 e. The zero-order valence-electron chi connectivity index (χ0n) is 10.2. The molecule has 2 N–H and O–H groups in total. The van der Waals surface area contributed by atoms with Crippen molar-refractivity contribution in [2.45, 2.75) is 32.9 Å². The summed E-state index contributed by atoms with van der Waals surface area (Å²) in [6, 6.07) is 7.12. The fourth-order valence-corrected chi connectivity index (χ4v) is 1.71. The number of hydrogen-bond acceptors (Lipinski definition) is 3. The topological polar surface area (TPSA) is 52.3 Å². The molecule has 0 bridgehead atoms. The van der Waals surface area contributed by atoms with Crippen molar-refractivity contribution < 1.29 is 9.53 Å². The molecule has 1 aromatic carbocycles. The lowest BCUT2D eigenvalue weighted by molar-refractivity contribution is -0.146. The summed E-state index contributed by atoms with van der Waals surface area (Å²) >= 11 is 3.35. The van der Waals surface area contributed by atoms with Gasteiger partial charge in [-0.1, -0.05) is 41.9 Å². The highest BCUT2D eigenvalue weighted by Gasteiger charge is 2.16. The lowest BCUT2D eigenvalue weighted by Crippen LogP contribution is -2.33. The summed E-state index contributed by atoms with van der Waals surface area (Å²) in [5, 5.41) is 0. The van der Waals surface area contributed by atoms with Crippen LogP contribution < -0.4 is 5.73 Å². The highest BCUT2D eigenvalue weighted by molar-refractivity contribution is 9.10. The minimum absolute atomic E-state index is 0.276. The third kappa shape index (κ3) is 5.33. The summed E-state index contributed by atoms with van der Waals surface area (Å²) in [4.78, 5) is 11.6. The molecular formula is C13H18BrNO2. The van der Waals surface area contributed by atoms with Crippen LogP contribution >= 0.6 is 15.9 Å². The average molecular weight is 300 g/mol. The Morgan fingerprint density at radius 1 is 1.35 bits per heavy atom. The fraction of sp³-hybridized carbons (Fsp3) is 0.462. The SMILES string of the molecule is CC(C)CC(N)C(=O)OCc1ccc(Br)cc1. The van der Waals surface area contributed by atoms with Gasteiger partial charge < -0.3 is 10.5 Å². The Morgan fingerprint density at radius 2 is 1.94 bits per heavy atom. The molecule has 0 aliphatic heterocycles. The molecule has 0 aromatic heterocycles. The van der Waals surface area contributed by atoms with Gasteiger partial charge >= 0.3 is 5.97 Å². The number of ether oxygens (including phenoxy) is 1. The Hall–Kier alpha value is -0.870. The lowest BCUT2D eigenvalue weighted by atomic mass is 10.1. The maximum absolute atomic E-state index is 11.6. The summed E-state index contributed by atoms with van der Waals surface area (Å²) in [5.74, 6) is 0.0619. The first-order valence-electron chi connectivity index (χ1n) is 5.65. The maximum atomic E-state index is 11.6. The van der Waals surface area contributed by atoms with Crippen LogP contribution in [0.3, 0.4) is 0 Å². The van der Waals surface area contributed by atoms with Crippen LogP contribution in [0.2, 0.25) is 0 Å². The van der Waals surface area contributed by atoms with E-state index in [0.29, 0.717) is 12.3 Å². The van der Waals surface area contributed by atoms with Crippen molar-refractivity contribution in [1.82, 2.24) is 0 Å².